The molecule has 0 rings (SSSR count). The van der Waals surface area contributed by atoms with Gasteiger partial charge < -0.3 is 0 Å². The SMILES string of the molecule is CCCC(=O)CN(CCC(C)C)CCN(CC(C)=O)CC(=O)CC. The van der Waals surface area contributed by atoms with E-state index < -0.39 is 0 Å². The van der Waals surface area contributed by atoms with E-state index in [-0.39, 0.29) is 17.3 Å². The molecule has 5 nitrogen and oxygen atoms in total. The summed E-state index contributed by atoms with van der Waals surface area (Å²) in [7, 11) is 0. The van der Waals surface area contributed by atoms with Gasteiger partial charge in [-0.15, -0.1) is 0 Å². The lowest BCUT2D eigenvalue weighted by Gasteiger charge is -2.27. The molecule has 0 aliphatic carbocycles. The Balaban J connectivity index is 4.65. The monoisotopic (exact) mass is 340 g/mol. The van der Waals surface area contributed by atoms with Gasteiger partial charge in [0, 0.05) is 25.9 Å². The Morgan fingerprint density at radius 3 is 1.92 bits per heavy atom. The number of carbonyl (C=O) groups is 3. The fraction of sp³-hybridized carbons (Fsp3) is 0.842. The molecule has 0 aromatic carbocycles. The van der Waals surface area contributed by atoms with Gasteiger partial charge in [-0.25, -0.2) is 0 Å². The summed E-state index contributed by atoms with van der Waals surface area (Å²) in [6, 6.07) is 0. The van der Waals surface area contributed by atoms with Crippen LogP contribution in [0.5, 0.6) is 0 Å². The van der Waals surface area contributed by atoms with E-state index in [9.17, 15) is 14.4 Å². The number of nitrogens with zero attached hydrogens (tertiary/aromatic N) is 2. The van der Waals surface area contributed by atoms with E-state index in [1.165, 1.54) is 0 Å². The third kappa shape index (κ3) is 12.4. The number of ketones is 3. The van der Waals surface area contributed by atoms with Crippen molar-refractivity contribution in [2.75, 3.05) is 39.3 Å². The molecule has 0 fully saturated rings. The maximum atomic E-state index is 12.0. The second-order valence-electron chi connectivity index (χ2n) is 7.05. The number of Topliss-reactive ketones (excluding diaryl/α,β-unsaturated/α-hetero) is 3. The summed E-state index contributed by atoms with van der Waals surface area (Å²) >= 11 is 0. The fourth-order valence-electron chi connectivity index (χ4n) is 2.49. The average molecular weight is 341 g/mol. The molecule has 24 heavy (non-hydrogen) atoms. The van der Waals surface area contributed by atoms with Crippen LogP contribution in [0.2, 0.25) is 0 Å². The van der Waals surface area contributed by atoms with Gasteiger partial charge in [0.15, 0.2) is 0 Å². The highest BCUT2D eigenvalue weighted by molar-refractivity contribution is 5.82. The van der Waals surface area contributed by atoms with Crippen LogP contribution in [-0.4, -0.2) is 66.4 Å². The third-order valence-corrected chi connectivity index (χ3v) is 3.92. The Kier molecular flexibility index (Phi) is 12.7. The Morgan fingerprint density at radius 2 is 1.42 bits per heavy atom. The molecule has 0 bridgehead atoms. The second kappa shape index (κ2) is 13.2. The normalized spacial score (nSPS) is 11.5. The summed E-state index contributed by atoms with van der Waals surface area (Å²) in [5.74, 6) is 1.06. The molecule has 0 aliphatic rings. The summed E-state index contributed by atoms with van der Waals surface area (Å²) in [5, 5.41) is 0. The number of rotatable bonds is 15. The summed E-state index contributed by atoms with van der Waals surface area (Å²) in [5.41, 5.74) is 0. The summed E-state index contributed by atoms with van der Waals surface area (Å²) in [6.45, 7) is 13.1. The van der Waals surface area contributed by atoms with E-state index in [1.54, 1.807) is 6.92 Å². The standard InChI is InChI=1S/C19H36N2O3/c1-6-8-19(24)15-20(10-9-16(3)4)11-12-21(13-17(5)22)14-18(23)7-2/h16H,6-15H2,1-5H3. The van der Waals surface area contributed by atoms with Crippen molar-refractivity contribution in [2.24, 2.45) is 5.92 Å². The maximum absolute atomic E-state index is 12.0. The molecule has 0 spiro atoms. The van der Waals surface area contributed by atoms with Crippen molar-refractivity contribution in [1.82, 2.24) is 9.80 Å². The molecule has 0 saturated heterocycles. The van der Waals surface area contributed by atoms with E-state index >= 15 is 0 Å². The minimum atomic E-state index is 0.0645. The zero-order valence-corrected chi connectivity index (χ0v) is 16.3. The van der Waals surface area contributed by atoms with Gasteiger partial charge in [-0.2, -0.15) is 0 Å². The fourth-order valence-corrected chi connectivity index (χ4v) is 2.49. The van der Waals surface area contributed by atoms with Crippen LogP contribution in [0.3, 0.4) is 0 Å². The van der Waals surface area contributed by atoms with E-state index in [4.69, 9.17) is 0 Å². The highest BCUT2D eigenvalue weighted by atomic mass is 16.1. The van der Waals surface area contributed by atoms with Gasteiger partial charge in [-0.05, 0) is 32.2 Å². The first kappa shape index (κ1) is 22.9. The number of hydrogen-bond donors (Lipinski definition) is 0. The molecular weight excluding hydrogens is 304 g/mol. The molecule has 0 atom stereocenters. The highest BCUT2D eigenvalue weighted by Gasteiger charge is 2.15. The van der Waals surface area contributed by atoms with Crippen LogP contribution >= 0.6 is 0 Å². The van der Waals surface area contributed by atoms with Crippen LogP contribution in [0.25, 0.3) is 0 Å². The quantitative estimate of drug-likeness (QED) is 0.458. The lowest BCUT2D eigenvalue weighted by atomic mass is 10.1. The highest BCUT2D eigenvalue weighted by Crippen LogP contribution is 2.04. The zero-order valence-electron chi connectivity index (χ0n) is 16.3. The van der Waals surface area contributed by atoms with Crippen LogP contribution in [0.1, 0.15) is 60.3 Å². The average Bonchev–Trinajstić information content (AvgIpc) is 2.49. The first-order chi connectivity index (χ1) is 11.3. The lowest BCUT2D eigenvalue weighted by Crippen LogP contribution is -2.42. The molecular formula is C19H36N2O3. The predicted molar refractivity (Wildman–Crippen MR) is 98.2 cm³/mol. The van der Waals surface area contributed by atoms with Crippen LogP contribution < -0.4 is 0 Å². The van der Waals surface area contributed by atoms with Gasteiger partial charge in [-0.1, -0.05) is 27.7 Å². The maximum Gasteiger partial charge on any atom is 0.146 e. The topological polar surface area (TPSA) is 57.7 Å². The molecule has 0 aromatic rings. The molecule has 0 N–H and O–H groups in total. The Labute approximate surface area is 147 Å². The molecule has 0 radical (unpaired) electrons. The third-order valence-electron chi connectivity index (χ3n) is 3.92. The van der Waals surface area contributed by atoms with Gasteiger partial charge >= 0.3 is 0 Å². The van der Waals surface area contributed by atoms with Crippen molar-refractivity contribution in [3.8, 4) is 0 Å². The van der Waals surface area contributed by atoms with Crippen molar-refractivity contribution in [3.05, 3.63) is 0 Å². The van der Waals surface area contributed by atoms with E-state index in [0.717, 1.165) is 19.4 Å². The first-order valence-corrected chi connectivity index (χ1v) is 9.25. The van der Waals surface area contributed by atoms with E-state index in [0.29, 0.717) is 51.5 Å². The van der Waals surface area contributed by atoms with Crippen LogP contribution in [-0.2, 0) is 14.4 Å². The Morgan fingerprint density at radius 1 is 0.833 bits per heavy atom. The molecule has 0 unspecified atom stereocenters. The molecule has 140 valence electrons. The Hall–Kier alpha value is -1.07. The van der Waals surface area contributed by atoms with Crippen LogP contribution in [0.4, 0.5) is 0 Å². The Bertz CT molecular complexity index is 394. The summed E-state index contributed by atoms with van der Waals surface area (Å²) in [6.07, 6.45) is 3.02. The van der Waals surface area contributed by atoms with Gasteiger partial charge in [-0.3, -0.25) is 24.2 Å². The molecule has 0 aromatic heterocycles. The smallest absolute Gasteiger partial charge is 0.146 e. The molecule has 0 heterocycles. The predicted octanol–water partition coefficient (Wildman–Crippen LogP) is 2.57. The van der Waals surface area contributed by atoms with Crippen LogP contribution in [0, 0.1) is 5.92 Å². The zero-order chi connectivity index (χ0) is 18.5. The van der Waals surface area contributed by atoms with Gasteiger partial charge in [0.1, 0.15) is 17.3 Å². The van der Waals surface area contributed by atoms with Crippen molar-refractivity contribution in [3.63, 3.8) is 0 Å². The minimum absolute atomic E-state index is 0.0645. The van der Waals surface area contributed by atoms with Gasteiger partial charge in [0.25, 0.3) is 0 Å². The minimum Gasteiger partial charge on any atom is -0.299 e. The van der Waals surface area contributed by atoms with Crippen molar-refractivity contribution >= 4 is 17.3 Å². The summed E-state index contributed by atoms with van der Waals surface area (Å²) in [4.78, 5) is 39.2. The molecule has 5 heteroatoms. The lowest BCUT2D eigenvalue weighted by molar-refractivity contribution is -0.123. The van der Waals surface area contributed by atoms with Gasteiger partial charge in [0.2, 0.25) is 0 Å². The van der Waals surface area contributed by atoms with E-state index in [2.05, 4.69) is 18.7 Å². The first-order valence-electron chi connectivity index (χ1n) is 9.25. The summed E-state index contributed by atoms with van der Waals surface area (Å²) < 4.78 is 0. The number of hydrogen-bond acceptors (Lipinski definition) is 5. The molecule has 0 aliphatic heterocycles. The number of carbonyl (C=O) groups excluding carboxylic acids is 3. The van der Waals surface area contributed by atoms with Crippen LogP contribution in [0.15, 0.2) is 0 Å². The second-order valence-corrected chi connectivity index (χ2v) is 7.05. The largest absolute Gasteiger partial charge is 0.299 e. The van der Waals surface area contributed by atoms with Crippen molar-refractivity contribution in [2.45, 2.75) is 60.3 Å². The van der Waals surface area contributed by atoms with Crippen molar-refractivity contribution < 1.29 is 14.4 Å². The van der Waals surface area contributed by atoms with Crippen molar-refractivity contribution in [1.29, 1.82) is 0 Å². The van der Waals surface area contributed by atoms with Gasteiger partial charge in [0.05, 0.1) is 19.6 Å². The van der Waals surface area contributed by atoms with E-state index in [1.807, 2.05) is 18.7 Å². The molecule has 0 amide bonds. The molecule has 0 saturated carbocycles.